The molecule has 2 rings (SSSR count). The standard InChI is InChI=1S/C15H22Cl2N2/c1-10-5-4-8-19(11(10)2)14(9-18)12-6-3-7-13(16)15(12)17/h3,6-7,10-11,14H,4-5,8-9,18H2,1-2H3. The van der Waals surface area contributed by atoms with E-state index in [1.807, 2.05) is 18.2 Å². The second kappa shape index (κ2) is 6.45. The molecule has 1 aromatic carbocycles. The van der Waals surface area contributed by atoms with E-state index in [0.29, 0.717) is 28.5 Å². The largest absolute Gasteiger partial charge is 0.329 e. The highest BCUT2D eigenvalue weighted by Gasteiger charge is 2.31. The number of piperidine rings is 1. The first-order chi connectivity index (χ1) is 9.06. The zero-order valence-electron chi connectivity index (χ0n) is 11.6. The summed E-state index contributed by atoms with van der Waals surface area (Å²) in [4.78, 5) is 2.48. The first-order valence-corrected chi connectivity index (χ1v) is 7.71. The lowest BCUT2D eigenvalue weighted by Gasteiger charge is -2.43. The first-order valence-electron chi connectivity index (χ1n) is 6.96. The van der Waals surface area contributed by atoms with Crippen LogP contribution in [0.15, 0.2) is 18.2 Å². The zero-order valence-corrected chi connectivity index (χ0v) is 13.1. The fourth-order valence-corrected chi connectivity index (χ4v) is 3.46. The Balaban J connectivity index is 2.31. The van der Waals surface area contributed by atoms with E-state index in [2.05, 4.69) is 18.7 Å². The predicted molar refractivity (Wildman–Crippen MR) is 82.8 cm³/mol. The number of nitrogens with zero attached hydrogens (tertiary/aromatic N) is 1. The number of hydrogen-bond acceptors (Lipinski definition) is 2. The van der Waals surface area contributed by atoms with Crippen molar-refractivity contribution in [3.8, 4) is 0 Å². The number of likely N-dealkylation sites (tertiary alicyclic amines) is 1. The Labute approximate surface area is 125 Å². The normalized spacial score (nSPS) is 26.4. The van der Waals surface area contributed by atoms with Gasteiger partial charge in [0.15, 0.2) is 0 Å². The second-order valence-electron chi connectivity index (χ2n) is 5.49. The molecule has 0 bridgehead atoms. The van der Waals surface area contributed by atoms with Crippen LogP contribution >= 0.6 is 23.2 Å². The molecule has 1 aliphatic rings. The zero-order chi connectivity index (χ0) is 14.0. The Hall–Kier alpha value is -0.280. The van der Waals surface area contributed by atoms with Crippen molar-refractivity contribution in [3.05, 3.63) is 33.8 Å². The molecular formula is C15H22Cl2N2. The van der Waals surface area contributed by atoms with E-state index in [1.54, 1.807) is 0 Å². The lowest BCUT2D eigenvalue weighted by molar-refractivity contribution is 0.0710. The minimum absolute atomic E-state index is 0.156. The fraction of sp³-hybridized carbons (Fsp3) is 0.600. The average molecular weight is 301 g/mol. The molecule has 2 nitrogen and oxygen atoms in total. The molecule has 0 radical (unpaired) electrons. The van der Waals surface area contributed by atoms with Crippen LogP contribution in [0.3, 0.4) is 0 Å². The summed E-state index contributed by atoms with van der Waals surface area (Å²) in [5.41, 5.74) is 7.07. The molecule has 1 heterocycles. The van der Waals surface area contributed by atoms with E-state index in [4.69, 9.17) is 28.9 Å². The summed E-state index contributed by atoms with van der Waals surface area (Å²) in [5.74, 6) is 0.695. The highest BCUT2D eigenvalue weighted by Crippen LogP contribution is 2.36. The monoisotopic (exact) mass is 300 g/mol. The van der Waals surface area contributed by atoms with E-state index in [9.17, 15) is 0 Å². The van der Waals surface area contributed by atoms with Crippen molar-refractivity contribution in [1.82, 2.24) is 4.90 Å². The summed E-state index contributed by atoms with van der Waals surface area (Å²) in [6.07, 6.45) is 2.51. The summed E-state index contributed by atoms with van der Waals surface area (Å²) in [5, 5.41) is 1.25. The van der Waals surface area contributed by atoms with Gasteiger partial charge in [-0.2, -0.15) is 0 Å². The van der Waals surface area contributed by atoms with Crippen LogP contribution in [0, 0.1) is 5.92 Å². The Morgan fingerprint density at radius 1 is 1.37 bits per heavy atom. The van der Waals surface area contributed by atoms with Gasteiger partial charge in [0, 0.05) is 18.6 Å². The molecule has 4 heteroatoms. The molecule has 0 saturated carbocycles. The van der Waals surface area contributed by atoms with E-state index >= 15 is 0 Å². The van der Waals surface area contributed by atoms with Crippen LogP contribution in [0.5, 0.6) is 0 Å². The van der Waals surface area contributed by atoms with Crippen molar-refractivity contribution in [2.24, 2.45) is 11.7 Å². The van der Waals surface area contributed by atoms with Crippen LogP contribution < -0.4 is 5.73 Å². The van der Waals surface area contributed by atoms with Crippen molar-refractivity contribution in [2.75, 3.05) is 13.1 Å². The van der Waals surface area contributed by atoms with Gasteiger partial charge in [-0.3, -0.25) is 4.90 Å². The molecule has 3 atom stereocenters. The maximum Gasteiger partial charge on any atom is 0.0640 e. The van der Waals surface area contributed by atoms with Gasteiger partial charge in [-0.25, -0.2) is 0 Å². The molecule has 0 amide bonds. The SMILES string of the molecule is CC1CCCN(C(CN)c2cccc(Cl)c2Cl)C1C. The van der Waals surface area contributed by atoms with Crippen molar-refractivity contribution >= 4 is 23.2 Å². The molecule has 106 valence electrons. The molecule has 0 aromatic heterocycles. The second-order valence-corrected chi connectivity index (χ2v) is 6.28. The molecule has 3 unspecified atom stereocenters. The maximum absolute atomic E-state index is 6.36. The van der Waals surface area contributed by atoms with Gasteiger partial charge in [0.1, 0.15) is 0 Å². The number of rotatable bonds is 3. The Morgan fingerprint density at radius 2 is 2.11 bits per heavy atom. The minimum Gasteiger partial charge on any atom is -0.329 e. The summed E-state index contributed by atoms with van der Waals surface area (Å²) in [6.45, 7) is 6.24. The minimum atomic E-state index is 0.156. The average Bonchev–Trinajstić information content (AvgIpc) is 2.40. The molecule has 1 aromatic rings. The van der Waals surface area contributed by atoms with E-state index in [-0.39, 0.29) is 6.04 Å². The highest BCUT2D eigenvalue weighted by atomic mass is 35.5. The van der Waals surface area contributed by atoms with E-state index in [0.717, 1.165) is 12.1 Å². The first kappa shape index (κ1) is 15.1. The topological polar surface area (TPSA) is 29.3 Å². The number of benzene rings is 1. The number of nitrogens with two attached hydrogens (primary N) is 1. The van der Waals surface area contributed by atoms with Crippen LogP contribution in [0.4, 0.5) is 0 Å². The van der Waals surface area contributed by atoms with Crippen LogP contribution in [-0.2, 0) is 0 Å². The van der Waals surface area contributed by atoms with Crippen molar-refractivity contribution in [3.63, 3.8) is 0 Å². The van der Waals surface area contributed by atoms with Crippen LogP contribution in [0.25, 0.3) is 0 Å². The quantitative estimate of drug-likeness (QED) is 0.910. The van der Waals surface area contributed by atoms with Gasteiger partial charge in [0.05, 0.1) is 10.0 Å². The summed E-state index contributed by atoms with van der Waals surface area (Å²) in [6, 6.07) is 6.49. The van der Waals surface area contributed by atoms with Gasteiger partial charge >= 0.3 is 0 Å². The Morgan fingerprint density at radius 3 is 2.79 bits per heavy atom. The molecule has 19 heavy (non-hydrogen) atoms. The summed E-state index contributed by atoms with van der Waals surface area (Å²) in [7, 11) is 0. The van der Waals surface area contributed by atoms with Crippen LogP contribution in [0.1, 0.15) is 38.3 Å². The molecule has 1 aliphatic heterocycles. The molecule has 1 saturated heterocycles. The maximum atomic E-state index is 6.36. The Kier molecular flexibility index (Phi) is 5.13. The third-order valence-electron chi connectivity index (χ3n) is 4.39. The van der Waals surface area contributed by atoms with Gasteiger partial charge in [-0.05, 0) is 43.9 Å². The van der Waals surface area contributed by atoms with E-state index in [1.165, 1.54) is 12.8 Å². The van der Waals surface area contributed by atoms with Gasteiger partial charge in [-0.15, -0.1) is 0 Å². The molecule has 0 spiro atoms. The van der Waals surface area contributed by atoms with Crippen molar-refractivity contribution in [1.29, 1.82) is 0 Å². The van der Waals surface area contributed by atoms with Gasteiger partial charge in [0.25, 0.3) is 0 Å². The van der Waals surface area contributed by atoms with Gasteiger partial charge in [0.2, 0.25) is 0 Å². The van der Waals surface area contributed by atoms with E-state index < -0.39 is 0 Å². The predicted octanol–water partition coefficient (Wildman–Crippen LogP) is 4.11. The number of hydrogen-bond donors (Lipinski definition) is 1. The third kappa shape index (κ3) is 3.08. The summed E-state index contributed by atoms with van der Waals surface area (Å²) >= 11 is 12.5. The molecular weight excluding hydrogens is 279 g/mol. The smallest absolute Gasteiger partial charge is 0.0640 e. The highest BCUT2D eigenvalue weighted by molar-refractivity contribution is 6.42. The molecule has 1 fully saturated rings. The molecule has 0 aliphatic carbocycles. The fourth-order valence-electron chi connectivity index (χ4n) is 3.03. The van der Waals surface area contributed by atoms with Crippen LogP contribution in [-0.4, -0.2) is 24.0 Å². The van der Waals surface area contributed by atoms with Gasteiger partial charge in [-0.1, -0.05) is 42.3 Å². The van der Waals surface area contributed by atoms with Crippen molar-refractivity contribution in [2.45, 2.75) is 38.8 Å². The lowest BCUT2D eigenvalue weighted by atomic mass is 9.89. The lowest BCUT2D eigenvalue weighted by Crippen LogP contribution is -2.46. The van der Waals surface area contributed by atoms with Crippen LogP contribution in [0.2, 0.25) is 10.0 Å². The third-order valence-corrected chi connectivity index (χ3v) is 5.22. The molecule has 2 N–H and O–H groups in total. The van der Waals surface area contributed by atoms with Gasteiger partial charge < -0.3 is 5.73 Å². The van der Waals surface area contributed by atoms with Crippen molar-refractivity contribution < 1.29 is 0 Å². The summed E-state index contributed by atoms with van der Waals surface area (Å²) < 4.78 is 0. The number of halogens is 2. The Bertz CT molecular complexity index is 436.